The van der Waals surface area contributed by atoms with Crippen molar-refractivity contribution >= 4 is 5.97 Å². The van der Waals surface area contributed by atoms with Crippen molar-refractivity contribution in [2.75, 3.05) is 6.61 Å². The number of esters is 1. The van der Waals surface area contributed by atoms with Crippen molar-refractivity contribution in [2.45, 2.75) is 65.2 Å². The minimum absolute atomic E-state index is 0.0540. The summed E-state index contributed by atoms with van der Waals surface area (Å²) >= 11 is 0. The number of hydrogen-bond acceptors (Lipinski definition) is 2. The minimum atomic E-state index is -0.0540. The second kappa shape index (κ2) is 10.4. The van der Waals surface area contributed by atoms with Crippen molar-refractivity contribution in [3.8, 4) is 0 Å². The van der Waals surface area contributed by atoms with Crippen LogP contribution >= 0.6 is 0 Å². The van der Waals surface area contributed by atoms with Crippen molar-refractivity contribution in [1.82, 2.24) is 0 Å². The normalized spacial score (nSPS) is 12.4. The molecule has 21 heavy (non-hydrogen) atoms. The Morgan fingerprint density at radius 2 is 1.67 bits per heavy atom. The van der Waals surface area contributed by atoms with Gasteiger partial charge in [-0.25, -0.2) is 0 Å². The van der Waals surface area contributed by atoms with Crippen LogP contribution in [-0.4, -0.2) is 12.6 Å². The molecule has 0 amide bonds. The van der Waals surface area contributed by atoms with Gasteiger partial charge >= 0.3 is 5.97 Å². The largest absolute Gasteiger partial charge is 0.465 e. The molecule has 0 aliphatic heterocycles. The van der Waals surface area contributed by atoms with Crippen LogP contribution in [0.3, 0.4) is 0 Å². The first-order valence-corrected chi connectivity index (χ1v) is 8.30. The van der Waals surface area contributed by atoms with Crippen LogP contribution in [0.5, 0.6) is 0 Å². The lowest BCUT2D eigenvalue weighted by Gasteiger charge is -2.12. The van der Waals surface area contributed by atoms with Gasteiger partial charge in [0.05, 0.1) is 6.61 Å². The minimum Gasteiger partial charge on any atom is -0.465 e. The van der Waals surface area contributed by atoms with Crippen LogP contribution < -0.4 is 0 Å². The molecule has 0 aliphatic rings. The number of benzene rings is 1. The summed E-state index contributed by atoms with van der Waals surface area (Å²) in [6, 6.07) is 10.2. The van der Waals surface area contributed by atoms with Gasteiger partial charge in [-0.05, 0) is 17.9 Å². The van der Waals surface area contributed by atoms with Crippen molar-refractivity contribution < 1.29 is 9.53 Å². The molecule has 0 radical (unpaired) electrons. The summed E-state index contributed by atoms with van der Waals surface area (Å²) in [5.74, 6) is 0.997. The van der Waals surface area contributed by atoms with Crippen LogP contribution in [0, 0.1) is 5.92 Å². The van der Waals surface area contributed by atoms with Gasteiger partial charge in [-0.1, -0.05) is 76.8 Å². The molecule has 118 valence electrons. The molecule has 0 heterocycles. The summed E-state index contributed by atoms with van der Waals surface area (Å²) in [7, 11) is 0. The topological polar surface area (TPSA) is 26.3 Å². The molecule has 0 saturated heterocycles. The molecule has 0 N–H and O–H groups in total. The van der Waals surface area contributed by atoms with Gasteiger partial charge in [-0.15, -0.1) is 0 Å². The van der Waals surface area contributed by atoms with Crippen LogP contribution in [0.4, 0.5) is 0 Å². The highest BCUT2D eigenvalue weighted by Gasteiger charge is 2.09. The molecule has 0 fully saturated rings. The smallest absolute Gasteiger partial charge is 0.305 e. The Kier molecular flexibility index (Phi) is 8.80. The molecule has 0 aromatic heterocycles. The number of carbonyl (C=O) groups is 1. The third kappa shape index (κ3) is 8.54. The lowest BCUT2D eigenvalue weighted by atomic mass is 10.0. The Labute approximate surface area is 129 Å². The molecule has 1 atom stereocenters. The number of rotatable bonds is 10. The number of unbranched alkanes of at least 4 members (excludes halogenated alkanes) is 3. The van der Waals surface area contributed by atoms with Crippen LogP contribution in [0.15, 0.2) is 30.3 Å². The van der Waals surface area contributed by atoms with Crippen LogP contribution in [0.1, 0.15) is 70.8 Å². The maximum absolute atomic E-state index is 11.7. The number of ether oxygens (including phenoxy) is 1. The van der Waals surface area contributed by atoms with Gasteiger partial charge in [-0.3, -0.25) is 4.79 Å². The molecule has 0 aliphatic carbocycles. The zero-order valence-corrected chi connectivity index (χ0v) is 13.8. The van der Waals surface area contributed by atoms with Crippen molar-refractivity contribution in [3.63, 3.8) is 0 Å². The lowest BCUT2D eigenvalue weighted by molar-refractivity contribution is -0.144. The SMILES string of the molecule is CC(C)CCCCCCC(=O)OCC(C)c1ccccc1. The molecule has 1 unspecified atom stereocenters. The fourth-order valence-corrected chi connectivity index (χ4v) is 2.34. The van der Waals surface area contributed by atoms with Crippen LogP contribution in [0.2, 0.25) is 0 Å². The van der Waals surface area contributed by atoms with E-state index in [1.165, 1.54) is 24.8 Å². The summed E-state index contributed by atoms with van der Waals surface area (Å²) in [6.07, 6.45) is 6.44. The van der Waals surface area contributed by atoms with E-state index in [0.29, 0.717) is 13.0 Å². The zero-order chi connectivity index (χ0) is 15.5. The number of hydrogen-bond donors (Lipinski definition) is 0. The van der Waals surface area contributed by atoms with Crippen molar-refractivity contribution in [3.05, 3.63) is 35.9 Å². The van der Waals surface area contributed by atoms with E-state index in [4.69, 9.17) is 4.74 Å². The van der Waals surface area contributed by atoms with E-state index < -0.39 is 0 Å². The first kappa shape index (κ1) is 17.7. The van der Waals surface area contributed by atoms with E-state index in [9.17, 15) is 4.79 Å². The van der Waals surface area contributed by atoms with E-state index in [1.807, 2.05) is 18.2 Å². The highest BCUT2D eigenvalue weighted by atomic mass is 16.5. The fourth-order valence-electron chi connectivity index (χ4n) is 2.34. The highest BCUT2D eigenvalue weighted by molar-refractivity contribution is 5.69. The van der Waals surface area contributed by atoms with Crippen molar-refractivity contribution in [2.24, 2.45) is 5.92 Å². The predicted molar refractivity (Wildman–Crippen MR) is 88.4 cm³/mol. The first-order valence-electron chi connectivity index (χ1n) is 8.30. The third-order valence-electron chi connectivity index (χ3n) is 3.78. The molecule has 1 aromatic carbocycles. The summed E-state index contributed by atoms with van der Waals surface area (Å²) in [5, 5.41) is 0. The summed E-state index contributed by atoms with van der Waals surface area (Å²) in [5.41, 5.74) is 1.22. The second-order valence-electron chi connectivity index (χ2n) is 6.34. The average molecular weight is 290 g/mol. The van der Waals surface area contributed by atoms with Gasteiger partial charge in [0.15, 0.2) is 0 Å². The monoisotopic (exact) mass is 290 g/mol. The third-order valence-corrected chi connectivity index (χ3v) is 3.78. The van der Waals surface area contributed by atoms with E-state index in [-0.39, 0.29) is 11.9 Å². The Hall–Kier alpha value is -1.31. The Morgan fingerprint density at radius 3 is 2.33 bits per heavy atom. The van der Waals surface area contributed by atoms with Crippen LogP contribution in [0.25, 0.3) is 0 Å². The average Bonchev–Trinajstić information content (AvgIpc) is 2.49. The molecule has 0 spiro atoms. The molecular formula is C19H30O2. The molecule has 1 aromatic rings. The molecule has 1 rings (SSSR count). The van der Waals surface area contributed by atoms with Crippen LogP contribution in [-0.2, 0) is 9.53 Å². The van der Waals surface area contributed by atoms with Gasteiger partial charge in [0.25, 0.3) is 0 Å². The Balaban J connectivity index is 2.06. The maximum Gasteiger partial charge on any atom is 0.305 e. The summed E-state index contributed by atoms with van der Waals surface area (Å²) in [6.45, 7) is 7.08. The Morgan fingerprint density at radius 1 is 1.00 bits per heavy atom. The maximum atomic E-state index is 11.7. The Bertz CT molecular complexity index is 384. The molecular weight excluding hydrogens is 260 g/mol. The highest BCUT2D eigenvalue weighted by Crippen LogP contribution is 2.15. The van der Waals surface area contributed by atoms with Gasteiger partial charge < -0.3 is 4.74 Å². The zero-order valence-electron chi connectivity index (χ0n) is 13.8. The van der Waals surface area contributed by atoms with Gasteiger partial charge in [0, 0.05) is 12.3 Å². The molecule has 0 saturated carbocycles. The van der Waals surface area contributed by atoms with E-state index in [1.54, 1.807) is 0 Å². The van der Waals surface area contributed by atoms with Gasteiger partial charge in [-0.2, -0.15) is 0 Å². The van der Waals surface area contributed by atoms with E-state index in [0.717, 1.165) is 18.8 Å². The summed E-state index contributed by atoms with van der Waals surface area (Å²) in [4.78, 5) is 11.7. The molecule has 2 nitrogen and oxygen atoms in total. The number of carbonyl (C=O) groups excluding carboxylic acids is 1. The van der Waals surface area contributed by atoms with E-state index in [2.05, 4.69) is 32.9 Å². The molecule has 2 heteroatoms. The predicted octanol–water partition coefficient (Wildman–Crippen LogP) is 5.33. The van der Waals surface area contributed by atoms with E-state index >= 15 is 0 Å². The van der Waals surface area contributed by atoms with Crippen molar-refractivity contribution in [1.29, 1.82) is 0 Å². The standard InChI is InChI=1S/C19H30O2/c1-16(2)11-7-4-5-10-14-19(20)21-15-17(3)18-12-8-6-9-13-18/h6,8-9,12-13,16-17H,4-5,7,10-11,14-15H2,1-3H3. The quantitative estimate of drug-likeness (QED) is 0.430. The van der Waals surface area contributed by atoms with Gasteiger partial charge in [0.1, 0.15) is 0 Å². The fraction of sp³-hybridized carbons (Fsp3) is 0.632. The summed E-state index contributed by atoms with van der Waals surface area (Å²) < 4.78 is 5.36. The van der Waals surface area contributed by atoms with Gasteiger partial charge in [0.2, 0.25) is 0 Å². The lowest BCUT2D eigenvalue weighted by Crippen LogP contribution is -2.10. The molecule has 0 bridgehead atoms. The first-order chi connectivity index (χ1) is 10.1. The second-order valence-corrected chi connectivity index (χ2v) is 6.34.